The first-order valence-corrected chi connectivity index (χ1v) is 6.30. The van der Waals surface area contributed by atoms with Crippen molar-refractivity contribution in [2.24, 2.45) is 5.92 Å². The van der Waals surface area contributed by atoms with E-state index < -0.39 is 5.60 Å². The molecule has 1 saturated carbocycles. The Morgan fingerprint density at radius 3 is 3.00 bits per heavy atom. The van der Waals surface area contributed by atoms with Crippen LogP contribution in [0.2, 0.25) is 0 Å². The maximum Gasteiger partial charge on any atom is 0.124 e. The van der Waals surface area contributed by atoms with Gasteiger partial charge in [-0.3, -0.25) is 0 Å². The molecule has 15 heavy (non-hydrogen) atoms. The van der Waals surface area contributed by atoms with E-state index in [2.05, 4.69) is 13.0 Å². The summed E-state index contributed by atoms with van der Waals surface area (Å²) in [7, 11) is 0. The predicted molar refractivity (Wildman–Crippen MR) is 60.5 cm³/mol. The summed E-state index contributed by atoms with van der Waals surface area (Å²) in [5.41, 5.74) is -0.638. The number of rotatable bonds is 2. The second kappa shape index (κ2) is 4.56. The topological polar surface area (TPSA) is 29.5 Å². The normalized spacial score (nSPS) is 36.9. The van der Waals surface area contributed by atoms with Crippen molar-refractivity contribution < 1.29 is 9.84 Å². The number of aliphatic hydroxyl groups is 1. The molecule has 86 valence electrons. The van der Waals surface area contributed by atoms with E-state index in [1.165, 1.54) is 12.8 Å². The molecule has 0 bridgehead atoms. The first kappa shape index (κ1) is 11.0. The van der Waals surface area contributed by atoms with Crippen molar-refractivity contribution in [3.63, 3.8) is 0 Å². The molecule has 0 saturated heterocycles. The van der Waals surface area contributed by atoms with Crippen molar-refractivity contribution in [2.45, 2.75) is 57.5 Å². The molecule has 2 aliphatic rings. The summed E-state index contributed by atoms with van der Waals surface area (Å²) < 4.78 is 5.53. The Bertz CT molecular complexity index is 247. The molecule has 2 atom stereocenters. The molecule has 2 unspecified atom stereocenters. The van der Waals surface area contributed by atoms with Crippen LogP contribution in [0, 0.1) is 5.92 Å². The Balaban J connectivity index is 2.02. The van der Waals surface area contributed by atoms with Crippen LogP contribution in [0.1, 0.15) is 51.9 Å². The van der Waals surface area contributed by atoms with Crippen LogP contribution in [0.15, 0.2) is 11.8 Å². The fourth-order valence-corrected chi connectivity index (χ4v) is 2.79. The highest BCUT2D eigenvalue weighted by Crippen LogP contribution is 2.38. The van der Waals surface area contributed by atoms with E-state index >= 15 is 0 Å². The van der Waals surface area contributed by atoms with Gasteiger partial charge in [-0.15, -0.1) is 0 Å². The third kappa shape index (κ3) is 2.36. The fourth-order valence-electron chi connectivity index (χ4n) is 2.79. The van der Waals surface area contributed by atoms with Crippen molar-refractivity contribution in [2.75, 3.05) is 6.61 Å². The standard InChI is InChI=1S/C13H22O2/c1-2-11-5-3-8-13(14,9-7-11)12-6-4-10-15-12/h6,11,14H,2-5,7-10H2,1H3. The van der Waals surface area contributed by atoms with Crippen LogP contribution in [0.4, 0.5) is 0 Å². The Hall–Kier alpha value is -0.500. The van der Waals surface area contributed by atoms with Gasteiger partial charge in [-0.25, -0.2) is 0 Å². The molecule has 0 radical (unpaired) electrons. The summed E-state index contributed by atoms with van der Waals surface area (Å²) in [4.78, 5) is 0. The molecule has 0 spiro atoms. The zero-order chi connectivity index (χ0) is 10.7. The Morgan fingerprint density at radius 1 is 1.47 bits per heavy atom. The van der Waals surface area contributed by atoms with Gasteiger partial charge in [0.05, 0.1) is 6.61 Å². The quantitative estimate of drug-likeness (QED) is 0.710. The molecule has 0 amide bonds. The van der Waals surface area contributed by atoms with Crippen LogP contribution in [0.3, 0.4) is 0 Å². The third-order valence-corrected chi connectivity index (χ3v) is 3.91. The Labute approximate surface area is 92.3 Å². The van der Waals surface area contributed by atoms with Gasteiger partial charge in [0.1, 0.15) is 11.4 Å². The molecule has 0 aromatic rings. The molecule has 2 nitrogen and oxygen atoms in total. The second-order valence-electron chi connectivity index (χ2n) is 4.94. The van der Waals surface area contributed by atoms with Gasteiger partial charge in [-0.05, 0) is 37.7 Å². The van der Waals surface area contributed by atoms with Crippen molar-refractivity contribution in [3.05, 3.63) is 11.8 Å². The van der Waals surface area contributed by atoms with Crippen molar-refractivity contribution in [1.29, 1.82) is 0 Å². The van der Waals surface area contributed by atoms with Gasteiger partial charge in [0, 0.05) is 6.42 Å². The second-order valence-corrected chi connectivity index (χ2v) is 4.94. The van der Waals surface area contributed by atoms with E-state index in [0.29, 0.717) is 0 Å². The van der Waals surface area contributed by atoms with Gasteiger partial charge in [0.2, 0.25) is 0 Å². The van der Waals surface area contributed by atoms with Crippen LogP contribution in [-0.2, 0) is 4.74 Å². The largest absolute Gasteiger partial charge is 0.495 e. The summed E-state index contributed by atoms with van der Waals surface area (Å²) in [6.45, 7) is 3.01. The summed E-state index contributed by atoms with van der Waals surface area (Å²) in [5.74, 6) is 1.67. The van der Waals surface area contributed by atoms with E-state index in [-0.39, 0.29) is 0 Å². The highest BCUT2D eigenvalue weighted by atomic mass is 16.5. The van der Waals surface area contributed by atoms with E-state index in [1.807, 2.05) is 0 Å². The number of hydrogen-bond acceptors (Lipinski definition) is 2. The molecule has 2 heteroatoms. The predicted octanol–water partition coefficient (Wildman–Crippen LogP) is 3.01. The van der Waals surface area contributed by atoms with Crippen molar-refractivity contribution >= 4 is 0 Å². The minimum atomic E-state index is -0.638. The minimum absolute atomic E-state index is 0.638. The minimum Gasteiger partial charge on any atom is -0.495 e. The smallest absolute Gasteiger partial charge is 0.124 e. The van der Waals surface area contributed by atoms with Crippen LogP contribution in [-0.4, -0.2) is 17.3 Å². The van der Waals surface area contributed by atoms with E-state index in [0.717, 1.165) is 50.4 Å². The maximum absolute atomic E-state index is 10.6. The first-order valence-electron chi connectivity index (χ1n) is 6.30. The van der Waals surface area contributed by atoms with E-state index in [9.17, 15) is 5.11 Å². The first-order chi connectivity index (χ1) is 7.24. The van der Waals surface area contributed by atoms with Crippen molar-refractivity contribution in [3.8, 4) is 0 Å². The SMILES string of the molecule is CCC1CCCC(O)(C2=CCCO2)CC1. The lowest BCUT2D eigenvalue weighted by Gasteiger charge is -2.27. The maximum atomic E-state index is 10.6. The Kier molecular flexibility index (Phi) is 3.35. The molecule has 2 rings (SSSR count). The number of ether oxygens (including phenoxy) is 1. The molecule has 1 heterocycles. The molecule has 1 aliphatic carbocycles. The van der Waals surface area contributed by atoms with Gasteiger partial charge in [-0.1, -0.05) is 19.8 Å². The third-order valence-electron chi connectivity index (χ3n) is 3.91. The van der Waals surface area contributed by atoms with E-state index in [4.69, 9.17) is 4.74 Å². The zero-order valence-electron chi connectivity index (χ0n) is 9.67. The lowest BCUT2D eigenvalue weighted by atomic mass is 9.91. The van der Waals surface area contributed by atoms with E-state index in [1.54, 1.807) is 0 Å². The van der Waals surface area contributed by atoms with Gasteiger partial charge < -0.3 is 9.84 Å². The molecule has 1 aliphatic heterocycles. The molecule has 1 fully saturated rings. The van der Waals surface area contributed by atoms with Gasteiger partial charge >= 0.3 is 0 Å². The Morgan fingerprint density at radius 2 is 2.33 bits per heavy atom. The van der Waals surface area contributed by atoms with Gasteiger partial charge in [-0.2, -0.15) is 0 Å². The highest BCUT2D eigenvalue weighted by Gasteiger charge is 2.36. The van der Waals surface area contributed by atoms with Gasteiger partial charge in [0.25, 0.3) is 0 Å². The van der Waals surface area contributed by atoms with Crippen LogP contribution >= 0.6 is 0 Å². The van der Waals surface area contributed by atoms with Gasteiger partial charge in [0.15, 0.2) is 0 Å². The van der Waals surface area contributed by atoms with Crippen LogP contribution in [0.25, 0.3) is 0 Å². The molecule has 0 aromatic heterocycles. The average molecular weight is 210 g/mol. The highest BCUT2D eigenvalue weighted by molar-refractivity contribution is 5.13. The van der Waals surface area contributed by atoms with Crippen LogP contribution in [0.5, 0.6) is 0 Å². The zero-order valence-corrected chi connectivity index (χ0v) is 9.67. The fraction of sp³-hybridized carbons (Fsp3) is 0.846. The van der Waals surface area contributed by atoms with Crippen molar-refractivity contribution in [1.82, 2.24) is 0 Å². The summed E-state index contributed by atoms with van der Waals surface area (Å²) >= 11 is 0. The molecule has 0 aromatic carbocycles. The molecular formula is C13H22O2. The lowest BCUT2D eigenvalue weighted by molar-refractivity contribution is 0.00617. The number of hydrogen-bond donors (Lipinski definition) is 1. The summed E-state index contributed by atoms with van der Waals surface area (Å²) in [5, 5.41) is 10.6. The molecular weight excluding hydrogens is 188 g/mol. The lowest BCUT2D eigenvalue weighted by Crippen LogP contribution is -2.30. The summed E-state index contributed by atoms with van der Waals surface area (Å²) in [6.07, 6.45) is 9.61. The monoisotopic (exact) mass is 210 g/mol. The average Bonchev–Trinajstić information content (AvgIpc) is 2.71. The molecule has 1 N–H and O–H groups in total. The summed E-state index contributed by atoms with van der Waals surface area (Å²) in [6, 6.07) is 0. The van der Waals surface area contributed by atoms with Crippen LogP contribution < -0.4 is 0 Å².